The summed E-state index contributed by atoms with van der Waals surface area (Å²) < 4.78 is 41.6. The zero-order valence-corrected chi connectivity index (χ0v) is 19.1. The maximum absolute atomic E-state index is 14.4. The summed E-state index contributed by atoms with van der Waals surface area (Å²) >= 11 is 0. The quantitative estimate of drug-likeness (QED) is 0.535. The average Bonchev–Trinajstić information content (AvgIpc) is 3.34. The van der Waals surface area contributed by atoms with Gasteiger partial charge in [0.25, 0.3) is 0 Å². The van der Waals surface area contributed by atoms with Crippen LogP contribution in [0.25, 0.3) is 6.08 Å². The number of nitrogens with zero attached hydrogens (tertiary/aromatic N) is 1. The molecule has 0 saturated carbocycles. The molecule has 1 aromatic heterocycles. The molecule has 2 aromatic rings. The summed E-state index contributed by atoms with van der Waals surface area (Å²) in [6.45, 7) is 8.40. The van der Waals surface area contributed by atoms with Crippen LogP contribution in [-0.2, 0) is 19.0 Å². The second-order valence-electron chi connectivity index (χ2n) is 8.78. The van der Waals surface area contributed by atoms with E-state index in [1.807, 2.05) is 13.0 Å². The van der Waals surface area contributed by atoms with Gasteiger partial charge in [0.2, 0.25) is 5.89 Å². The molecule has 0 amide bonds. The Hall–Kier alpha value is -2.71. The summed E-state index contributed by atoms with van der Waals surface area (Å²) in [4.78, 5) is 17.0. The molecule has 0 aliphatic carbocycles. The average molecular weight is 448 g/mol. The highest BCUT2D eigenvalue weighted by Gasteiger charge is 2.30. The first kappa shape index (κ1) is 23.9. The van der Waals surface area contributed by atoms with Crippen LogP contribution < -0.4 is 4.74 Å². The van der Waals surface area contributed by atoms with E-state index in [0.717, 1.165) is 0 Å². The number of carbonyl (C=O) groups excluding carboxylic acids is 1. The lowest BCUT2D eigenvalue weighted by Crippen LogP contribution is -2.25. The van der Waals surface area contributed by atoms with Crippen LogP contribution in [0.15, 0.2) is 35.0 Å². The number of oxazole rings is 1. The molecule has 1 atom stereocenters. The number of hydrogen-bond donors (Lipinski definition) is 0. The first-order valence-corrected chi connectivity index (χ1v) is 10.5. The number of benzene rings is 1. The molecule has 2 heterocycles. The second-order valence-corrected chi connectivity index (χ2v) is 8.78. The first-order valence-electron chi connectivity index (χ1n) is 10.5. The number of methoxy groups -OCH3 is 1. The van der Waals surface area contributed by atoms with Crippen molar-refractivity contribution in [2.24, 2.45) is 0 Å². The van der Waals surface area contributed by atoms with Crippen molar-refractivity contribution in [2.45, 2.75) is 57.8 Å². The highest BCUT2D eigenvalue weighted by atomic mass is 19.1. The van der Waals surface area contributed by atoms with Gasteiger partial charge in [0.05, 0.1) is 32.7 Å². The van der Waals surface area contributed by atoms with Gasteiger partial charge in [0.15, 0.2) is 17.4 Å². The SMILES string of the molecule is COc1ccc(C(CC(=O)OC(C)(C)C)c2nc(/C=C/CC3(C)OCCO3)co2)cc1F. The molecule has 1 unspecified atom stereocenters. The molecule has 0 bridgehead atoms. The fraction of sp³-hybridized carbons (Fsp3) is 0.500. The summed E-state index contributed by atoms with van der Waals surface area (Å²) in [6, 6.07) is 4.52. The number of aromatic nitrogens is 1. The number of carbonyl (C=O) groups is 1. The topological polar surface area (TPSA) is 80.0 Å². The smallest absolute Gasteiger partial charge is 0.307 e. The number of esters is 1. The van der Waals surface area contributed by atoms with Crippen molar-refractivity contribution in [3.05, 3.63) is 53.5 Å². The van der Waals surface area contributed by atoms with Crippen LogP contribution >= 0.6 is 0 Å². The van der Waals surface area contributed by atoms with Crippen LogP contribution in [-0.4, -0.2) is 42.7 Å². The Kier molecular flexibility index (Phi) is 7.36. The van der Waals surface area contributed by atoms with E-state index in [9.17, 15) is 9.18 Å². The highest BCUT2D eigenvalue weighted by molar-refractivity contribution is 5.71. The molecule has 0 radical (unpaired) electrons. The van der Waals surface area contributed by atoms with Gasteiger partial charge in [0.1, 0.15) is 17.6 Å². The van der Waals surface area contributed by atoms with Gasteiger partial charge < -0.3 is 23.4 Å². The van der Waals surface area contributed by atoms with Crippen molar-refractivity contribution in [1.82, 2.24) is 4.98 Å². The fourth-order valence-electron chi connectivity index (χ4n) is 3.40. The van der Waals surface area contributed by atoms with Crippen molar-refractivity contribution in [3.63, 3.8) is 0 Å². The summed E-state index contributed by atoms with van der Waals surface area (Å²) in [6.07, 6.45) is 5.69. The zero-order valence-electron chi connectivity index (χ0n) is 19.1. The van der Waals surface area contributed by atoms with E-state index in [1.54, 1.807) is 32.9 Å². The maximum atomic E-state index is 14.4. The summed E-state index contributed by atoms with van der Waals surface area (Å²) in [5.74, 6) is -1.81. The Labute approximate surface area is 187 Å². The van der Waals surface area contributed by atoms with E-state index in [1.165, 1.54) is 25.5 Å². The molecule has 1 saturated heterocycles. The molecular weight excluding hydrogens is 417 g/mol. The van der Waals surface area contributed by atoms with Crippen molar-refractivity contribution in [3.8, 4) is 5.75 Å². The van der Waals surface area contributed by atoms with Crippen LogP contribution in [0.2, 0.25) is 0 Å². The molecule has 1 aromatic carbocycles. The van der Waals surface area contributed by atoms with Crippen molar-refractivity contribution in [2.75, 3.05) is 20.3 Å². The van der Waals surface area contributed by atoms with Crippen molar-refractivity contribution >= 4 is 12.0 Å². The van der Waals surface area contributed by atoms with E-state index in [0.29, 0.717) is 36.8 Å². The Bertz CT molecular complexity index is 956. The Balaban J connectivity index is 1.81. The third-order valence-corrected chi connectivity index (χ3v) is 4.88. The minimum absolute atomic E-state index is 0.0491. The lowest BCUT2D eigenvalue weighted by atomic mass is 9.95. The number of rotatable bonds is 8. The van der Waals surface area contributed by atoms with Gasteiger partial charge in [-0.1, -0.05) is 12.1 Å². The third-order valence-electron chi connectivity index (χ3n) is 4.88. The Morgan fingerprint density at radius 2 is 2.03 bits per heavy atom. The van der Waals surface area contributed by atoms with E-state index in [2.05, 4.69) is 4.98 Å². The molecule has 7 nitrogen and oxygen atoms in total. The molecule has 3 rings (SSSR count). The van der Waals surface area contributed by atoms with E-state index in [4.69, 9.17) is 23.4 Å². The second kappa shape index (κ2) is 9.83. The van der Waals surface area contributed by atoms with Crippen LogP contribution in [0.4, 0.5) is 4.39 Å². The van der Waals surface area contributed by atoms with Gasteiger partial charge in [-0.05, 0) is 51.5 Å². The molecule has 32 heavy (non-hydrogen) atoms. The maximum Gasteiger partial charge on any atom is 0.307 e. The van der Waals surface area contributed by atoms with Gasteiger partial charge in [0, 0.05) is 6.42 Å². The molecule has 0 N–H and O–H groups in total. The molecule has 8 heteroatoms. The van der Waals surface area contributed by atoms with E-state index >= 15 is 0 Å². The van der Waals surface area contributed by atoms with Crippen molar-refractivity contribution in [1.29, 1.82) is 0 Å². The fourth-order valence-corrected chi connectivity index (χ4v) is 3.40. The van der Waals surface area contributed by atoms with Gasteiger partial charge in [-0.25, -0.2) is 9.37 Å². The first-order chi connectivity index (χ1) is 15.1. The van der Waals surface area contributed by atoms with Crippen LogP contribution in [0.1, 0.15) is 63.6 Å². The summed E-state index contributed by atoms with van der Waals surface area (Å²) in [7, 11) is 1.39. The van der Waals surface area contributed by atoms with E-state index < -0.39 is 29.1 Å². The predicted molar refractivity (Wildman–Crippen MR) is 116 cm³/mol. The van der Waals surface area contributed by atoms with Gasteiger partial charge in [-0.2, -0.15) is 0 Å². The van der Waals surface area contributed by atoms with Crippen LogP contribution in [0.5, 0.6) is 5.75 Å². The van der Waals surface area contributed by atoms with Gasteiger partial charge >= 0.3 is 5.97 Å². The summed E-state index contributed by atoms with van der Waals surface area (Å²) in [5, 5.41) is 0. The largest absolute Gasteiger partial charge is 0.494 e. The molecule has 1 aliphatic rings. The number of hydrogen-bond acceptors (Lipinski definition) is 7. The van der Waals surface area contributed by atoms with Crippen LogP contribution in [0.3, 0.4) is 0 Å². The predicted octanol–water partition coefficient (Wildman–Crippen LogP) is 4.85. The molecule has 1 aliphatic heterocycles. The Morgan fingerprint density at radius 1 is 1.31 bits per heavy atom. The highest BCUT2D eigenvalue weighted by Crippen LogP contribution is 2.32. The molecule has 1 fully saturated rings. The van der Waals surface area contributed by atoms with E-state index in [-0.39, 0.29) is 12.2 Å². The lowest BCUT2D eigenvalue weighted by Gasteiger charge is -2.21. The lowest BCUT2D eigenvalue weighted by molar-refractivity contribution is -0.155. The number of ether oxygens (including phenoxy) is 4. The zero-order chi connectivity index (χ0) is 23.4. The third kappa shape index (κ3) is 6.40. The molecular formula is C24H30FNO6. The molecule has 174 valence electrons. The standard InChI is InChI=1S/C24H30FNO6/c1-23(2,3)32-21(27)14-18(16-8-9-20(28-5)19(25)13-16)22-26-17(15-29-22)7-6-10-24(4)30-11-12-31-24/h6-9,13,15,18H,10-12,14H2,1-5H3/b7-6+. The molecule has 0 spiro atoms. The van der Waals surface area contributed by atoms with Crippen molar-refractivity contribution < 1.29 is 32.5 Å². The summed E-state index contributed by atoms with van der Waals surface area (Å²) in [5.41, 5.74) is 0.467. The van der Waals surface area contributed by atoms with Crippen LogP contribution in [0, 0.1) is 5.82 Å². The Morgan fingerprint density at radius 3 is 2.66 bits per heavy atom. The minimum Gasteiger partial charge on any atom is -0.494 e. The monoisotopic (exact) mass is 447 g/mol. The number of halogens is 1. The normalized spacial score (nSPS) is 16.9. The van der Waals surface area contributed by atoms with Gasteiger partial charge in [-0.15, -0.1) is 0 Å². The van der Waals surface area contributed by atoms with Gasteiger partial charge in [-0.3, -0.25) is 4.79 Å². The minimum atomic E-state index is -0.641.